The SMILES string of the molecule is Cc1c(Br)c(C(F)F)nn1[C@@H](C)c1nnc(Cc2cccc(Cl)c2)o1. The summed E-state index contributed by atoms with van der Waals surface area (Å²) in [6.07, 6.45) is -2.23. The summed E-state index contributed by atoms with van der Waals surface area (Å²) in [6, 6.07) is 6.88. The van der Waals surface area contributed by atoms with Gasteiger partial charge in [-0.2, -0.15) is 5.10 Å². The van der Waals surface area contributed by atoms with E-state index in [2.05, 4.69) is 31.2 Å². The topological polar surface area (TPSA) is 56.7 Å². The number of alkyl halides is 2. The largest absolute Gasteiger partial charge is 0.423 e. The van der Waals surface area contributed by atoms with Crippen LogP contribution >= 0.6 is 27.5 Å². The zero-order valence-electron chi connectivity index (χ0n) is 13.4. The third kappa shape index (κ3) is 3.74. The molecule has 0 radical (unpaired) electrons. The second kappa shape index (κ2) is 7.21. The fraction of sp³-hybridized carbons (Fsp3) is 0.312. The highest BCUT2D eigenvalue weighted by Gasteiger charge is 2.25. The van der Waals surface area contributed by atoms with Crippen molar-refractivity contribution in [3.8, 4) is 0 Å². The van der Waals surface area contributed by atoms with E-state index in [1.54, 1.807) is 19.9 Å². The van der Waals surface area contributed by atoms with Crippen molar-refractivity contribution >= 4 is 27.5 Å². The van der Waals surface area contributed by atoms with Gasteiger partial charge in [0, 0.05) is 5.02 Å². The van der Waals surface area contributed by atoms with E-state index >= 15 is 0 Å². The molecule has 0 bridgehead atoms. The molecule has 132 valence electrons. The molecule has 0 fully saturated rings. The van der Waals surface area contributed by atoms with E-state index in [0.29, 0.717) is 28.9 Å². The minimum atomic E-state index is -2.66. The monoisotopic (exact) mass is 430 g/mol. The van der Waals surface area contributed by atoms with Crippen LogP contribution in [0, 0.1) is 6.92 Å². The van der Waals surface area contributed by atoms with Gasteiger partial charge in [0.15, 0.2) is 0 Å². The number of hydrogen-bond acceptors (Lipinski definition) is 4. The molecule has 2 aromatic heterocycles. The first kappa shape index (κ1) is 18.0. The van der Waals surface area contributed by atoms with Crippen LogP contribution in [0.25, 0.3) is 0 Å². The van der Waals surface area contributed by atoms with Crippen LogP contribution in [0.2, 0.25) is 5.02 Å². The van der Waals surface area contributed by atoms with Crippen LogP contribution in [0.1, 0.15) is 48.1 Å². The van der Waals surface area contributed by atoms with E-state index in [9.17, 15) is 8.78 Å². The molecule has 0 aliphatic carbocycles. The van der Waals surface area contributed by atoms with Crippen LogP contribution in [-0.4, -0.2) is 20.0 Å². The normalized spacial score (nSPS) is 12.8. The molecule has 3 aromatic rings. The zero-order valence-corrected chi connectivity index (χ0v) is 15.7. The van der Waals surface area contributed by atoms with Gasteiger partial charge in [0.25, 0.3) is 6.43 Å². The minimum Gasteiger partial charge on any atom is -0.423 e. The van der Waals surface area contributed by atoms with Crippen LogP contribution in [0.4, 0.5) is 8.78 Å². The van der Waals surface area contributed by atoms with Crippen molar-refractivity contribution in [2.75, 3.05) is 0 Å². The smallest absolute Gasteiger partial charge is 0.283 e. The fourth-order valence-electron chi connectivity index (χ4n) is 2.47. The molecule has 0 spiro atoms. The van der Waals surface area contributed by atoms with E-state index < -0.39 is 12.5 Å². The van der Waals surface area contributed by atoms with Gasteiger partial charge in [-0.05, 0) is 47.5 Å². The van der Waals surface area contributed by atoms with Crippen molar-refractivity contribution in [2.45, 2.75) is 32.7 Å². The average molecular weight is 432 g/mol. The molecular formula is C16H14BrClF2N4O. The maximum absolute atomic E-state index is 13.0. The lowest BCUT2D eigenvalue weighted by Gasteiger charge is -2.09. The Morgan fingerprint density at radius 1 is 1.32 bits per heavy atom. The molecule has 3 rings (SSSR count). The van der Waals surface area contributed by atoms with Crippen LogP contribution in [0.15, 0.2) is 33.2 Å². The minimum absolute atomic E-state index is 0.285. The quantitative estimate of drug-likeness (QED) is 0.562. The van der Waals surface area contributed by atoms with Gasteiger partial charge in [-0.15, -0.1) is 10.2 Å². The van der Waals surface area contributed by atoms with E-state index in [1.807, 2.05) is 18.2 Å². The fourth-order valence-corrected chi connectivity index (χ4v) is 3.12. The summed E-state index contributed by atoms with van der Waals surface area (Å²) in [5.74, 6) is 0.720. The highest BCUT2D eigenvalue weighted by molar-refractivity contribution is 9.10. The summed E-state index contributed by atoms with van der Waals surface area (Å²) >= 11 is 9.12. The second-order valence-electron chi connectivity index (χ2n) is 5.55. The number of aromatic nitrogens is 4. The molecule has 2 heterocycles. The molecule has 1 aromatic carbocycles. The molecule has 0 amide bonds. The van der Waals surface area contributed by atoms with Gasteiger partial charge in [0.05, 0.1) is 16.6 Å². The maximum Gasteiger partial charge on any atom is 0.283 e. The highest BCUT2D eigenvalue weighted by atomic mass is 79.9. The van der Waals surface area contributed by atoms with Gasteiger partial charge in [-0.1, -0.05) is 23.7 Å². The zero-order chi connectivity index (χ0) is 18.1. The number of hydrogen-bond donors (Lipinski definition) is 0. The van der Waals surface area contributed by atoms with Crippen LogP contribution in [0.5, 0.6) is 0 Å². The molecule has 25 heavy (non-hydrogen) atoms. The van der Waals surface area contributed by atoms with Crippen molar-refractivity contribution in [1.82, 2.24) is 20.0 Å². The Hall–Kier alpha value is -1.80. The Labute approximate surface area is 156 Å². The van der Waals surface area contributed by atoms with Crippen molar-refractivity contribution < 1.29 is 13.2 Å². The van der Waals surface area contributed by atoms with Gasteiger partial charge in [-0.25, -0.2) is 8.78 Å². The highest BCUT2D eigenvalue weighted by Crippen LogP contribution is 2.31. The van der Waals surface area contributed by atoms with Gasteiger partial charge >= 0.3 is 0 Å². The van der Waals surface area contributed by atoms with Crippen LogP contribution < -0.4 is 0 Å². The van der Waals surface area contributed by atoms with Crippen molar-refractivity contribution in [2.24, 2.45) is 0 Å². The Morgan fingerprint density at radius 3 is 2.72 bits per heavy atom. The summed E-state index contributed by atoms with van der Waals surface area (Å²) in [6.45, 7) is 3.46. The Bertz CT molecular complexity index is 896. The third-order valence-electron chi connectivity index (χ3n) is 3.76. The summed E-state index contributed by atoms with van der Waals surface area (Å²) in [4.78, 5) is 0. The van der Waals surface area contributed by atoms with E-state index in [4.69, 9.17) is 16.0 Å². The molecule has 0 N–H and O–H groups in total. The Kier molecular flexibility index (Phi) is 5.19. The molecule has 0 saturated heterocycles. The number of halogens is 4. The molecule has 5 nitrogen and oxygen atoms in total. The van der Waals surface area contributed by atoms with Gasteiger partial charge < -0.3 is 4.42 Å². The van der Waals surface area contributed by atoms with Gasteiger partial charge in [0.1, 0.15) is 11.7 Å². The summed E-state index contributed by atoms with van der Waals surface area (Å²) in [5, 5.41) is 12.6. The Morgan fingerprint density at radius 2 is 2.08 bits per heavy atom. The first-order valence-electron chi connectivity index (χ1n) is 7.46. The van der Waals surface area contributed by atoms with Crippen molar-refractivity contribution in [3.63, 3.8) is 0 Å². The molecule has 0 aliphatic rings. The van der Waals surface area contributed by atoms with E-state index in [0.717, 1.165) is 5.56 Å². The van der Waals surface area contributed by atoms with Gasteiger partial charge in [-0.3, -0.25) is 4.68 Å². The predicted octanol–water partition coefficient (Wildman–Crippen LogP) is 5.13. The molecule has 9 heteroatoms. The predicted molar refractivity (Wildman–Crippen MR) is 92.0 cm³/mol. The number of benzene rings is 1. The summed E-state index contributed by atoms with van der Waals surface area (Å²) in [7, 11) is 0. The first-order chi connectivity index (χ1) is 11.9. The average Bonchev–Trinajstić information content (AvgIpc) is 3.13. The second-order valence-corrected chi connectivity index (χ2v) is 6.78. The van der Waals surface area contributed by atoms with Crippen molar-refractivity contribution in [3.05, 3.63) is 62.5 Å². The first-order valence-corrected chi connectivity index (χ1v) is 8.63. The lowest BCUT2D eigenvalue weighted by molar-refractivity contribution is 0.144. The molecule has 0 saturated carbocycles. The van der Waals surface area contributed by atoms with Gasteiger partial charge in [0.2, 0.25) is 11.8 Å². The van der Waals surface area contributed by atoms with E-state index in [1.165, 1.54) is 4.68 Å². The summed E-state index contributed by atoms with van der Waals surface area (Å²) in [5.41, 5.74) is 1.20. The van der Waals surface area contributed by atoms with Crippen LogP contribution in [0.3, 0.4) is 0 Å². The van der Waals surface area contributed by atoms with E-state index in [-0.39, 0.29) is 10.2 Å². The number of nitrogens with zero attached hydrogens (tertiary/aromatic N) is 4. The molecular weight excluding hydrogens is 418 g/mol. The standard InChI is InChI=1S/C16H14BrClF2N4O/c1-8-13(17)14(15(19)20)23-24(8)9(2)16-22-21-12(25-16)7-10-4-3-5-11(18)6-10/h3-6,9,15H,7H2,1-2H3/t9-/m0/s1. The molecule has 0 aliphatic heterocycles. The van der Waals surface area contributed by atoms with Crippen LogP contribution in [-0.2, 0) is 6.42 Å². The lowest BCUT2D eigenvalue weighted by Crippen LogP contribution is -2.11. The lowest BCUT2D eigenvalue weighted by atomic mass is 10.1. The van der Waals surface area contributed by atoms with Crippen molar-refractivity contribution in [1.29, 1.82) is 0 Å². The Balaban J connectivity index is 1.83. The third-order valence-corrected chi connectivity index (χ3v) is 4.97. The summed E-state index contributed by atoms with van der Waals surface area (Å²) < 4.78 is 33.4. The molecule has 1 atom stereocenters. The number of rotatable bonds is 5. The molecule has 0 unspecified atom stereocenters. The maximum atomic E-state index is 13.0.